The van der Waals surface area contributed by atoms with Gasteiger partial charge in [0.2, 0.25) is 0 Å². The van der Waals surface area contributed by atoms with E-state index in [1.54, 1.807) is 6.20 Å². The maximum absolute atomic E-state index is 6.05. The lowest BCUT2D eigenvalue weighted by atomic mass is 10.3. The van der Waals surface area contributed by atoms with E-state index in [1.807, 2.05) is 36.4 Å². The first kappa shape index (κ1) is 10.3. The van der Waals surface area contributed by atoms with E-state index >= 15 is 0 Å². The van der Waals surface area contributed by atoms with Crippen molar-refractivity contribution in [1.29, 1.82) is 0 Å². The van der Waals surface area contributed by atoms with Crippen LogP contribution in [0.4, 0.5) is 5.69 Å². The van der Waals surface area contributed by atoms with Crippen LogP contribution >= 0.6 is 23.4 Å². The van der Waals surface area contributed by atoms with Crippen LogP contribution in [0.5, 0.6) is 0 Å². The van der Waals surface area contributed by atoms with Gasteiger partial charge >= 0.3 is 0 Å². The first-order chi connectivity index (χ1) is 7.27. The summed E-state index contributed by atoms with van der Waals surface area (Å²) in [4.78, 5) is 5.06. The fraction of sp³-hybridized carbons (Fsp3) is 0. The predicted octanol–water partition coefficient (Wildman–Crippen LogP) is 3.47. The Morgan fingerprint density at radius 1 is 1.13 bits per heavy atom. The molecule has 0 aliphatic carbocycles. The lowest BCUT2D eigenvalue weighted by Crippen LogP contribution is -1.89. The zero-order valence-corrected chi connectivity index (χ0v) is 9.42. The molecule has 76 valence electrons. The molecule has 15 heavy (non-hydrogen) atoms. The monoisotopic (exact) mass is 236 g/mol. The van der Waals surface area contributed by atoms with E-state index in [9.17, 15) is 0 Å². The number of nitrogen functional groups attached to an aromatic ring is 1. The molecule has 0 atom stereocenters. The fourth-order valence-corrected chi connectivity index (χ4v) is 2.26. The normalized spacial score (nSPS) is 10.2. The zero-order chi connectivity index (χ0) is 10.7. The number of nitrogens with zero attached hydrogens (tertiary/aromatic N) is 1. The number of anilines is 1. The van der Waals surface area contributed by atoms with Crippen molar-refractivity contribution < 1.29 is 0 Å². The quantitative estimate of drug-likeness (QED) is 0.812. The van der Waals surface area contributed by atoms with Crippen LogP contribution in [0.1, 0.15) is 0 Å². The summed E-state index contributed by atoms with van der Waals surface area (Å²) >= 11 is 7.52. The number of rotatable bonds is 2. The second-order valence-corrected chi connectivity index (χ2v) is 4.37. The molecule has 0 saturated heterocycles. The minimum Gasteiger partial charge on any atom is -0.398 e. The van der Waals surface area contributed by atoms with Gasteiger partial charge < -0.3 is 5.73 Å². The lowest BCUT2D eigenvalue weighted by molar-refractivity contribution is 1.13. The number of halogens is 1. The van der Waals surface area contributed by atoms with E-state index in [4.69, 9.17) is 17.3 Å². The molecule has 0 unspecified atom stereocenters. The SMILES string of the molecule is Nc1cccc(Cl)c1Sc1ccccn1. The number of hydrogen-bond acceptors (Lipinski definition) is 3. The van der Waals surface area contributed by atoms with Crippen LogP contribution in [0, 0.1) is 0 Å². The maximum Gasteiger partial charge on any atom is 0.101 e. The molecule has 1 heterocycles. The van der Waals surface area contributed by atoms with Crippen LogP contribution in [0.3, 0.4) is 0 Å². The molecular weight excluding hydrogens is 228 g/mol. The molecule has 0 aliphatic rings. The molecule has 2 aromatic rings. The van der Waals surface area contributed by atoms with Crippen molar-refractivity contribution in [3.63, 3.8) is 0 Å². The Morgan fingerprint density at radius 3 is 2.67 bits per heavy atom. The summed E-state index contributed by atoms with van der Waals surface area (Å²) in [6.45, 7) is 0. The Bertz CT molecular complexity index is 439. The van der Waals surface area contributed by atoms with Gasteiger partial charge in [-0.05, 0) is 24.3 Å². The van der Waals surface area contributed by atoms with Crippen LogP contribution in [-0.4, -0.2) is 4.98 Å². The summed E-state index contributed by atoms with van der Waals surface area (Å²) in [7, 11) is 0. The molecular formula is C11H9ClN2S. The highest BCUT2D eigenvalue weighted by molar-refractivity contribution is 7.99. The fourth-order valence-electron chi connectivity index (χ4n) is 1.15. The van der Waals surface area contributed by atoms with E-state index in [0.717, 1.165) is 9.92 Å². The van der Waals surface area contributed by atoms with Crippen molar-refractivity contribution >= 4 is 29.1 Å². The molecule has 1 aromatic heterocycles. The third-order valence-electron chi connectivity index (χ3n) is 1.84. The van der Waals surface area contributed by atoms with Crippen molar-refractivity contribution in [2.75, 3.05) is 5.73 Å². The van der Waals surface area contributed by atoms with Crippen LogP contribution in [0.25, 0.3) is 0 Å². The van der Waals surface area contributed by atoms with Crippen LogP contribution in [0.2, 0.25) is 5.02 Å². The van der Waals surface area contributed by atoms with Crippen molar-refractivity contribution in [3.05, 3.63) is 47.6 Å². The number of hydrogen-bond donors (Lipinski definition) is 1. The summed E-state index contributed by atoms with van der Waals surface area (Å²) in [5.41, 5.74) is 6.52. The minimum absolute atomic E-state index is 0.658. The highest BCUT2D eigenvalue weighted by Crippen LogP contribution is 2.36. The number of pyridine rings is 1. The van der Waals surface area contributed by atoms with Crippen LogP contribution in [-0.2, 0) is 0 Å². The van der Waals surface area contributed by atoms with E-state index < -0.39 is 0 Å². The zero-order valence-electron chi connectivity index (χ0n) is 7.85. The maximum atomic E-state index is 6.05. The molecule has 0 fully saturated rings. The van der Waals surface area contributed by atoms with Crippen molar-refractivity contribution in [2.45, 2.75) is 9.92 Å². The summed E-state index contributed by atoms with van der Waals surface area (Å²) in [5.74, 6) is 0. The summed E-state index contributed by atoms with van der Waals surface area (Å²) in [6, 6.07) is 11.2. The lowest BCUT2D eigenvalue weighted by Gasteiger charge is -2.06. The molecule has 4 heteroatoms. The number of benzene rings is 1. The van der Waals surface area contributed by atoms with Crippen LogP contribution in [0.15, 0.2) is 52.5 Å². The Kier molecular flexibility index (Phi) is 3.14. The van der Waals surface area contributed by atoms with E-state index in [1.165, 1.54) is 11.8 Å². The Morgan fingerprint density at radius 2 is 2.00 bits per heavy atom. The molecule has 0 spiro atoms. The van der Waals surface area contributed by atoms with Gasteiger partial charge in [-0.15, -0.1) is 0 Å². The average molecular weight is 237 g/mol. The third kappa shape index (κ3) is 2.43. The topological polar surface area (TPSA) is 38.9 Å². The van der Waals surface area contributed by atoms with Gasteiger partial charge in [0.15, 0.2) is 0 Å². The molecule has 0 radical (unpaired) electrons. The summed E-state index contributed by atoms with van der Waals surface area (Å²) in [6.07, 6.45) is 1.75. The second kappa shape index (κ2) is 4.55. The molecule has 0 amide bonds. The predicted molar refractivity (Wildman–Crippen MR) is 64.2 cm³/mol. The van der Waals surface area contributed by atoms with Crippen molar-refractivity contribution in [3.8, 4) is 0 Å². The van der Waals surface area contributed by atoms with Gasteiger partial charge in [-0.25, -0.2) is 4.98 Å². The van der Waals surface area contributed by atoms with Gasteiger partial charge in [0, 0.05) is 11.9 Å². The highest BCUT2D eigenvalue weighted by atomic mass is 35.5. The Hall–Kier alpha value is -1.19. The molecule has 2 nitrogen and oxygen atoms in total. The standard InChI is InChI=1S/C11H9ClN2S/c12-8-4-3-5-9(13)11(8)15-10-6-1-2-7-14-10/h1-7H,13H2. The Balaban J connectivity index is 2.32. The van der Waals surface area contributed by atoms with Crippen molar-refractivity contribution in [2.24, 2.45) is 0 Å². The largest absolute Gasteiger partial charge is 0.398 e. The van der Waals surface area contributed by atoms with E-state index in [0.29, 0.717) is 10.7 Å². The van der Waals surface area contributed by atoms with E-state index in [2.05, 4.69) is 4.98 Å². The van der Waals surface area contributed by atoms with Gasteiger partial charge in [-0.2, -0.15) is 0 Å². The van der Waals surface area contributed by atoms with Gasteiger partial charge in [0.05, 0.1) is 9.92 Å². The average Bonchev–Trinajstić information content (AvgIpc) is 2.25. The van der Waals surface area contributed by atoms with Gasteiger partial charge in [-0.3, -0.25) is 0 Å². The molecule has 2 N–H and O–H groups in total. The third-order valence-corrected chi connectivity index (χ3v) is 3.38. The first-order valence-corrected chi connectivity index (χ1v) is 5.59. The molecule has 0 aliphatic heterocycles. The van der Waals surface area contributed by atoms with Crippen molar-refractivity contribution in [1.82, 2.24) is 4.98 Å². The summed E-state index contributed by atoms with van der Waals surface area (Å²) in [5, 5.41) is 1.54. The van der Waals surface area contributed by atoms with E-state index in [-0.39, 0.29) is 0 Å². The molecule has 0 saturated carbocycles. The molecule has 0 bridgehead atoms. The molecule has 2 rings (SSSR count). The second-order valence-electron chi connectivity index (χ2n) is 2.93. The first-order valence-electron chi connectivity index (χ1n) is 4.40. The Labute approximate surface area is 97.5 Å². The highest BCUT2D eigenvalue weighted by Gasteiger charge is 2.06. The van der Waals surface area contributed by atoms with Gasteiger partial charge in [0.25, 0.3) is 0 Å². The van der Waals surface area contributed by atoms with Crippen LogP contribution < -0.4 is 5.73 Å². The molecule has 1 aromatic carbocycles. The van der Waals surface area contributed by atoms with Gasteiger partial charge in [0.1, 0.15) is 5.03 Å². The summed E-state index contributed by atoms with van der Waals surface area (Å²) < 4.78 is 0. The number of nitrogens with two attached hydrogens (primary N) is 1. The van der Waals surface area contributed by atoms with Gasteiger partial charge in [-0.1, -0.05) is 35.5 Å². The number of aromatic nitrogens is 1. The minimum atomic E-state index is 0.658. The smallest absolute Gasteiger partial charge is 0.101 e.